The van der Waals surface area contributed by atoms with Gasteiger partial charge in [0, 0.05) is 16.8 Å². The summed E-state index contributed by atoms with van der Waals surface area (Å²) in [6.07, 6.45) is 0. The van der Waals surface area contributed by atoms with Crippen LogP contribution in [-0.2, 0) is 10.0 Å². The minimum atomic E-state index is -3.93. The summed E-state index contributed by atoms with van der Waals surface area (Å²) in [5.41, 5.74) is 1.15. The van der Waals surface area contributed by atoms with Crippen LogP contribution in [0.15, 0.2) is 53.4 Å². The van der Waals surface area contributed by atoms with Crippen molar-refractivity contribution in [2.24, 2.45) is 0 Å². The Morgan fingerprint density at radius 1 is 0.939 bits per heavy atom. The lowest BCUT2D eigenvalue weighted by Crippen LogP contribution is -2.19. The second-order valence-electron chi connectivity index (χ2n) is 6.34. The summed E-state index contributed by atoms with van der Waals surface area (Å²) in [7, 11) is 0.362. The van der Waals surface area contributed by atoms with Crippen LogP contribution in [0.5, 0.6) is 17.6 Å². The van der Waals surface area contributed by atoms with Gasteiger partial charge >= 0.3 is 6.01 Å². The van der Waals surface area contributed by atoms with Gasteiger partial charge in [-0.25, -0.2) is 8.42 Å². The van der Waals surface area contributed by atoms with E-state index in [-0.39, 0.29) is 27.7 Å². The predicted molar refractivity (Wildman–Crippen MR) is 130 cm³/mol. The quantitative estimate of drug-likeness (QED) is 0.386. The molecular weight excluding hydrogens is 490 g/mol. The van der Waals surface area contributed by atoms with Gasteiger partial charge < -0.3 is 24.8 Å². The van der Waals surface area contributed by atoms with E-state index in [1.807, 2.05) is 0 Å². The first-order valence-electron chi connectivity index (χ1n) is 9.25. The van der Waals surface area contributed by atoms with Crippen LogP contribution in [0, 0.1) is 0 Å². The summed E-state index contributed by atoms with van der Waals surface area (Å²) in [5.74, 6) is 0.715. The zero-order chi connectivity index (χ0) is 24.0. The van der Waals surface area contributed by atoms with E-state index in [1.54, 1.807) is 30.3 Å². The minimum Gasteiger partial charge on any atom is -0.495 e. The molecule has 0 bridgehead atoms. The number of rotatable bonds is 8. The van der Waals surface area contributed by atoms with Crippen LogP contribution in [-0.4, -0.2) is 44.8 Å². The molecule has 2 aromatic carbocycles. The number of nitrogens with zero attached hydrogens (tertiary/aromatic N) is 2. The summed E-state index contributed by atoms with van der Waals surface area (Å²) >= 11 is 11.3. The average molecular weight is 510 g/mol. The van der Waals surface area contributed by atoms with Gasteiger partial charge in [-0.3, -0.25) is 4.72 Å². The van der Waals surface area contributed by atoms with E-state index in [1.165, 1.54) is 39.5 Å². The Morgan fingerprint density at radius 2 is 1.67 bits per heavy atom. The molecule has 0 saturated carbocycles. The fourth-order valence-electron chi connectivity index (χ4n) is 2.63. The number of halogens is 1. The molecule has 3 aromatic rings. The number of hydrogen-bond acceptors (Lipinski definition) is 8. The maximum Gasteiger partial charge on any atom is 0.321 e. The van der Waals surface area contributed by atoms with Crippen LogP contribution in [0.3, 0.4) is 0 Å². The maximum atomic E-state index is 12.7. The van der Waals surface area contributed by atoms with Crippen LogP contribution in [0.2, 0.25) is 5.02 Å². The van der Waals surface area contributed by atoms with Gasteiger partial charge in [0.05, 0.1) is 31.9 Å². The molecule has 3 N–H and O–H groups in total. The topological polar surface area (TPSA) is 124 Å². The summed E-state index contributed by atoms with van der Waals surface area (Å²) in [6.45, 7) is 0. The van der Waals surface area contributed by atoms with Crippen molar-refractivity contribution in [1.82, 2.24) is 9.97 Å². The van der Waals surface area contributed by atoms with E-state index in [4.69, 9.17) is 38.0 Å². The highest BCUT2D eigenvalue weighted by Crippen LogP contribution is 2.28. The van der Waals surface area contributed by atoms with Gasteiger partial charge in [-0.2, -0.15) is 9.97 Å². The van der Waals surface area contributed by atoms with Crippen LogP contribution in [0.25, 0.3) is 0 Å². The highest BCUT2D eigenvalue weighted by Gasteiger charge is 2.17. The van der Waals surface area contributed by atoms with Crippen LogP contribution in [0.1, 0.15) is 0 Å². The molecule has 0 fully saturated rings. The standard InChI is InChI=1S/C20H20ClN5O5S2/c1-29-16-9-4-12(21)10-15(16)23-20(32)22-13-5-7-14(8-6-13)33(27,28)26-17-11-18(30-2)25-19(24-17)31-3/h4-11H,1-3H3,(H2,22,23,32)(H,24,25,26). The monoisotopic (exact) mass is 509 g/mol. The number of methoxy groups -OCH3 is 3. The molecule has 3 rings (SSSR count). The van der Waals surface area contributed by atoms with Crippen molar-refractivity contribution in [2.75, 3.05) is 36.7 Å². The van der Waals surface area contributed by atoms with Crippen molar-refractivity contribution in [3.8, 4) is 17.6 Å². The Hall–Kier alpha value is -3.35. The van der Waals surface area contributed by atoms with Crippen molar-refractivity contribution in [3.05, 3.63) is 53.6 Å². The number of hydrogen-bond donors (Lipinski definition) is 3. The third-order valence-corrected chi connectivity index (χ3v) is 5.95. The normalized spacial score (nSPS) is 10.8. The number of benzene rings is 2. The second-order valence-corrected chi connectivity index (χ2v) is 8.86. The lowest BCUT2D eigenvalue weighted by Gasteiger charge is -2.14. The largest absolute Gasteiger partial charge is 0.495 e. The first-order valence-corrected chi connectivity index (χ1v) is 11.5. The van der Waals surface area contributed by atoms with E-state index < -0.39 is 10.0 Å². The number of nitrogens with one attached hydrogen (secondary N) is 3. The lowest BCUT2D eigenvalue weighted by molar-refractivity contribution is 0.353. The molecule has 0 aliphatic rings. The summed E-state index contributed by atoms with van der Waals surface area (Å²) in [4.78, 5) is 7.91. The molecule has 0 unspecified atom stereocenters. The number of aromatic nitrogens is 2. The first kappa shape index (κ1) is 24.3. The molecule has 13 heteroatoms. The summed E-state index contributed by atoms with van der Waals surface area (Å²) in [6, 6.07) is 12.4. The molecule has 174 valence electrons. The fourth-order valence-corrected chi connectivity index (χ4v) is 4.02. The second kappa shape index (κ2) is 10.5. The zero-order valence-electron chi connectivity index (χ0n) is 17.7. The Labute approximate surface area is 201 Å². The van der Waals surface area contributed by atoms with Crippen LogP contribution < -0.4 is 29.6 Å². The maximum absolute atomic E-state index is 12.7. The highest BCUT2D eigenvalue weighted by molar-refractivity contribution is 7.92. The Morgan fingerprint density at radius 3 is 2.30 bits per heavy atom. The Bertz CT molecular complexity index is 1230. The highest BCUT2D eigenvalue weighted by atomic mass is 35.5. The van der Waals surface area contributed by atoms with Gasteiger partial charge in [0.2, 0.25) is 5.88 Å². The van der Waals surface area contributed by atoms with Crippen LogP contribution >= 0.6 is 23.8 Å². The van der Waals surface area contributed by atoms with E-state index in [2.05, 4.69) is 25.3 Å². The molecular formula is C20H20ClN5O5S2. The average Bonchev–Trinajstić information content (AvgIpc) is 2.79. The van der Waals surface area contributed by atoms with Gasteiger partial charge in [0.15, 0.2) is 10.9 Å². The van der Waals surface area contributed by atoms with Crippen molar-refractivity contribution in [1.29, 1.82) is 0 Å². The Kier molecular flexibility index (Phi) is 7.74. The number of ether oxygens (including phenoxy) is 3. The van der Waals surface area contributed by atoms with E-state index in [9.17, 15) is 8.42 Å². The van der Waals surface area contributed by atoms with Crippen molar-refractivity contribution >= 4 is 56.1 Å². The number of sulfonamides is 1. The molecule has 10 nitrogen and oxygen atoms in total. The molecule has 0 aliphatic carbocycles. The summed E-state index contributed by atoms with van der Waals surface area (Å²) in [5, 5.41) is 6.75. The van der Waals surface area contributed by atoms with Gasteiger partial charge in [0.1, 0.15) is 5.75 Å². The van der Waals surface area contributed by atoms with E-state index >= 15 is 0 Å². The fraction of sp³-hybridized carbons (Fsp3) is 0.150. The van der Waals surface area contributed by atoms with Crippen molar-refractivity contribution in [3.63, 3.8) is 0 Å². The van der Waals surface area contributed by atoms with Crippen molar-refractivity contribution in [2.45, 2.75) is 4.90 Å². The lowest BCUT2D eigenvalue weighted by atomic mass is 10.3. The van der Waals surface area contributed by atoms with E-state index in [0.717, 1.165) is 0 Å². The molecule has 0 spiro atoms. The number of thiocarbonyl (C=S) groups is 1. The zero-order valence-corrected chi connectivity index (χ0v) is 20.1. The molecule has 1 aromatic heterocycles. The SMILES string of the molecule is COc1cc(NS(=O)(=O)c2ccc(NC(=S)Nc3cc(Cl)ccc3OC)cc2)nc(OC)n1. The molecule has 0 amide bonds. The van der Waals surface area contributed by atoms with Crippen LogP contribution in [0.4, 0.5) is 17.2 Å². The van der Waals surface area contributed by atoms with Gasteiger partial charge in [-0.05, 0) is 54.7 Å². The first-order chi connectivity index (χ1) is 15.7. The molecule has 0 atom stereocenters. The molecule has 0 saturated heterocycles. The molecule has 0 radical (unpaired) electrons. The molecule has 33 heavy (non-hydrogen) atoms. The van der Waals surface area contributed by atoms with E-state index in [0.29, 0.717) is 22.1 Å². The smallest absolute Gasteiger partial charge is 0.321 e. The predicted octanol–water partition coefficient (Wildman–Crippen LogP) is 3.77. The third kappa shape index (κ3) is 6.34. The summed E-state index contributed by atoms with van der Waals surface area (Å²) < 4.78 is 43.1. The molecule has 1 heterocycles. The minimum absolute atomic E-state index is 0.00162. The molecule has 0 aliphatic heterocycles. The number of anilines is 3. The van der Waals surface area contributed by atoms with Gasteiger partial charge in [-0.1, -0.05) is 11.6 Å². The van der Waals surface area contributed by atoms with Gasteiger partial charge in [0.25, 0.3) is 10.0 Å². The van der Waals surface area contributed by atoms with Crippen molar-refractivity contribution < 1.29 is 22.6 Å². The van der Waals surface area contributed by atoms with Gasteiger partial charge in [-0.15, -0.1) is 0 Å². The third-order valence-electron chi connectivity index (χ3n) is 4.14. The Balaban J connectivity index is 1.70.